The Morgan fingerprint density at radius 3 is 2.43 bits per heavy atom. The van der Waals surface area contributed by atoms with Gasteiger partial charge < -0.3 is 5.32 Å². The van der Waals surface area contributed by atoms with Crippen molar-refractivity contribution < 1.29 is 0 Å². The summed E-state index contributed by atoms with van der Waals surface area (Å²) >= 11 is 1.97. The van der Waals surface area contributed by atoms with Gasteiger partial charge in [0.25, 0.3) is 0 Å². The van der Waals surface area contributed by atoms with Crippen LogP contribution in [0.25, 0.3) is 0 Å². The van der Waals surface area contributed by atoms with E-state index in [4.69, 9.17) is 0 Å². The third-order valence-corrected chi connectivity index (χ3v) is 5.17. The molecule has 0 aromatic heterocycles. The molecule has 1 aliphatic rings. The molecule has 0 aliphatic carbocycles. The van der Waals surface area contributed by atoms with E-state index in [-0.39, 0.29) is 5.41 Å². The molecule has 3 rings (SSSR count). The molecule has 1 nitrogen and oxygen atoms in total. The average molecular weight is 297 g/mol. The monoisotopic (exact) mass is 297 g/mol. The molecule has 1 unspecified atom stereocenters. The highest BCUT2D eigenvalue weighted by atomic mass is 32.2. The van der Waals surface area contributed by atoms with Crippen LogP contribution in [0.3, 0.4) is 0 Å². The van der Waals surface area contributed by atoms with Gasteiger partial charge in [-0.3, -0.25) is 0 Å². The van der Waals surface area contributed by atoms with Crippen molar-refractivity contribution in [2.45, 2.75) is 43.5 Å². The summed E-state index contributed by atoms with van der Waals surface area (Å²) < 4.78 is 0. The van der Waals surface area contributed by atoms with Crippen molar-refractivity contribution in [3.63, 3.8) is 0 Å². The minimum Gasteiger partial charge on any atom is -0.378 e. The first-order chi connectivity index (χ1) is 10.0. The van der Waals surface area contributed by atoms with Gasteiger partial charge in [-0.05, 0) is 41.2 Å². The smallest absolute Gasteiger partial charge is 0.0532 e. The molecule has 0 radical (unpaired) electrons. The van der Waals surface area contributed by atoms with Gasteiger partial charge in [0, 0.05) is 16.3 Å². The van der Waals surface area contributed by atoms with Gasteiger partial charge in [0.1, 0.15) is 0 Å². The molecular weight excluding hydrogens is 274 g/mol. The Morgan fingerprint density at radius 2 is 1.71 bits per heavy atom. The van der Waals surface area contributed by atoms with Crippen LogP contribution < -0.4 is 5.32 Å². The van der Waals surface area contributed by atoms with E-state index < -0.39 is 0 Å². The summed E-state index contributed by atoms with van der Waals surface area (Å²) in [6, 6.07) is 18.1. The van der Waals surface area contributed by atoms with E-state index in [9.17, 15) is 0 Å². The van der Waals surface area contributed by atoms with Crippen LogP contribution in [0.1, 0.15) is 44.4 Å². The van der Waals surface area contributed by atoms with Crippen molar-refractivity contribution in [1.82, 2.24) is 0 Å². The van der Waals surface area contributed by atoms with E-state index in [0.29, 0.717) is 6.04 Å². The Labute approximate surface area is 132 Å². The van der Waals surface area contributed by atoms with E-state index >= 15 is 0 Å². The lowest BCUT2D eigenvalue weighted by molar-refractivity contribution is 0.590. The van der Waals surface area contributed by atoms with Crippen molar-refractivity contribution in [1.29, 1.82) is 0 Å². The van der Waals surface area contributed by atoms with E-state index in [1.54, 1.807) is 0 Å². The number of anilines is 1. The zero-order valence-corrected chi connectivity index (χ0v) is 13.8. The lowest BCUT2D eigenvalue weighted by Crippen LogP contribution is -2.16. The van der Waals surface area contributed by atoms with Gasteiger partial charge in [-0.25, -0.2) is 0 Å². The van der Waals surface area contributed by atoms with Gasteiger partial charge in [-0.15, -0.1) is 11.8 Å². The molecule has 0 fully saturated rings. The van der Waals surface area contributed by atoms with Crippen molar-refractivity contribution >= 4 is 17.4 Å². The first kappa shape index (κ1) is 14.5. The summed E-state index contributed by atoms with van der Waals surface area (Å²) in [5.41, 5.74) is 4.25. The summed E-state index contributed by atoms with van der Waals surface area (Å²) in [6.45, 7) is 6.76. The van der Waals surface area contributed by atoms with Crippen LogP contribution in [0.4, 0.5) is 5.69 Å². The lowest BCUT2D eigenvalue weighted by atomic mass is 9.87. The minimum atomic E-state index is 0.215. The van der Waals surface area contributed by atoms with Crippen molar-refractivity contribution in [2.24, 2.45) is 0 Å². The Balaban J connectivity index is 1.79. The van der Waals surface area contributed by atoms with Crippen LogP contribution in [0.15, 0.2) is 53.4 Å². The Kier molecular flexibility index (Phi) is 3.99. The van der Waals surface area contributed by atoms with Crippen LogP contribution >= 0.6 is 11.8 Å². The molecule has 110 valence electrons. The predicted octanol–water partition coefficient (Wildman–Crippen LogP) is 5.63. The Morgan fingerprint density at radius 1 is 1.00 bits per heavy atom. The molecule has 1 atom stereocenters. The third kappa shape index (κ3) is 3.26. The second-order valence-corrected chi connectivity index (χ2v) is 7.84. The maximum absolute atomic E-state index is 3.70. The van der Waals surface area contributed by atoms with Gasteiger partial charge in [0.2, 0.25) is 0 Å². The maximum atomic E-state index is 3.70. The van der Waals surface area contributed by atoms with E-state index in [0.717, 1.165) is 0 Å². The molecule has 1 aliphatic heterocycles. The maximum Gasteiger partial charge on any atom is 0.0532 e. The van der Waals surface area contributed by atoms with Crippen LogP contribution in [-0.2, 0) is 5.41 Å². The van der Waals surface area contributed by atoms with Gasteiger partial charge in [0.15, 0.2) is 0 Å². The lowest BCUT2D eigenvalue weighted by Gasteiger charge is -2.27. The van der Waals surface area contributed by atoms with Gasteiger partial charge in [-0.1, -0.05) is 51.1 Å². The van der Waals surface area contributed by atoms with Crippen LogP contribution in [0.5, 0.6) is 0 Å². The molecule has 1 N–H and O–H groups in total. The van der Waals surface area contributed by atoms with E-state index in [1.807, 2.05) is 11.8 Å². The molecule has 1 heterocycles. The first-order valence-corrected chi connectivity index (χ1v) is 8.61. The highest BCUT2D eigenvalue weighted by Crippen LogP contribution is 2.37. The number of rotatable bonds is 2. The molecule has 2 aromatic rings. The molecule has 0 amide bonds. The predicted molar refractivity (Wildman–Crippen MR) is 93.3 cm³/mol. The zero-order chi connectivity index (χ0) is 14.9. The van der Waals surface area contributed by atoms with Crippen LogP contribution in [0, 0.1) is 0 Å². The standard InChI is InChI=1S/C19H23NS/c1-19(2,3)14-8-10-15(11-9-14)20-17-12-13-21-18-7-5-4-6-16(17)18/h4-11,17,20H,12-13H2,1-3H3. The van der Waals surface area contributed by atoms with Gasteiger partial charge in [-0.2, -0.15) is 0 Å². The zero-order valence-electron chi connectivity index (χ0n) is 13.0. The summed E-state index contributed by atoms with van der Waals surface area (Å²) in [4.78, 5) is 1.42. The quantitative estimate of drug-likeness (QED) is 0.770. The fraction of sp³-hybridized carbons (Fsp3) is 0.368. The molecular formula is C19H23NS. The van der Waals surface area contributed by atoms with Gasteiger partial charge >= 0.3 is 0 Å². The van der Waals surface area contributed by atoms with E-state index in [1.165, 1.54) is 33.9 Å². The van der Waals surface area contributed by atoms with Gasteiger partial charge in [0.05, 0.1) is 6.04 Å². The average Bonchev–Trinajstić information content (AvgIpc) is 2.47. The highest BCUT2D eigenvalue weighted by Gasteiger charge is 2.20. The Bertz CT molecular complexity index is 610. The first-order valence-electron chi connectivity index (χ1n) is 7.63. The van der Waals surface area contributed by atoms with Crippen LogP contribution in [-0.4, -0.2) is 5.75 Å². The minimum absolute atomic E-state index is 0.215. The Hall–Kier alpha value is -1.41. The summed E-state index contributed by atoms with van der Waals surface area (Å²) in [5.74, 6) is 1.19. The number of thioether (sulfide) groups is 1. The largest absolute Gasteiger partial charge is 0.378 e. The molecule has 0 spiro atoms. The number of hydrogen-bond donors (Lipinski definition) is 1. The fourth-order valence-corrected chi connectivity index (χ4v) is 3.88. The van der Waals surface area contributed by atoms with Crippen LogP contribution in [0.2, 0.25) is 0 Å². The molecule has 2 heteroatoms. The normalized spacial score (nSPS) is 18.1. The number of hydrogen-bond acceptors (Lipinski definition) is 2. The molecule has 2 aromatic carbocycles. The summed E-state index contributed by atoms with van der Waals surface area (Å²) in [7, 11) is 0. The molecule has 0 saturated carbocycles. The SMILES string of the molecule is CC(C)(C)c1ccc(NC2CCSc3ccccc32)cc1. The second-order valence-electron chi connectivity index (χ2n) is 6.70. The molecule has 21 heavy (non-hydrogen) atoms. The number of fused-ring (bicyclic) bond motifs is 1. The fourth-order valence-electron chi connectivity index (χ4n) is 2.76. The molecule has 0 saturated heterocycles. The van der Waals surface area contributed by atoms with E-state index in [2.05, 4.69) is 74.6 Å². The number of benzene rings is 2. The topological polar surface area (TPSA) is 12.0 Å². The summed E-state index contributed by atoms with van der Waals surface area (Å²) in [6.07, 6.45) is 1.18. The highest BCUT2D eigenvalue weighted by molar-refractivity contribution is 7.99. The van der Waals surface area contributed by atoms with Crippen molar-refractivity contribution in [3.8, 4) is 0 Å². The molecule has 0 bridgehead atoms. The van der Waals surface area contributed by atoms with Crippen molar-refractivity contribution in [3.05, 3.63) is 59.7 Å². The second kappa shape index (κ2) is 5.76. The third-order valence-electron chi connectivity index (χ3n) is 4.05. The number of nitrogens with one attached hydrogen (secondary N) is 1. The van der Waals surface area contributed by atoms with Crippen molar-refractivity contribution in [2.75, 3.05) is 11.1 Å². The summed E-state index contributed by atoms with van der Waals surface area (Å²) in [5, 5.41) is 3.70.